The molecule has 1 aromatic carbocycles. The van der Waals surface area contributed by atoms with E-state index in [4.69, 9.17) is 4.74 Å². The fraction of sp³-hybridized carbons (Fsp3) is 0.370. The van der Waals surface area contributed by atoms with Gasteiger partial charge < -0.3 is 15.4 Å². The predicted octanol–water partition coefficient (Wildman–Crippen LogP) is 5.03. The molecule has 0 saturated heterocycles. The van der Waals surface area contributed by atoms with Crippen LogP contribution in [0.3, 0.4) is 0 Å². The molecule has 0 bridgehead atoms. The van der Waals surface area contributed by atoms with Crippen molar-refractivity contribution < 1.29 is 14.3 Å². The van der Waals surface area contributed by atoms with Crippen LogP contribution in [-0.4, -0.2) is 23.3 Å². The third-order valence-corrected chi connectivity index (χ3v) is 6.17. The molecule has 0 saturated carbocycles. The molecule has 1 atom stereocenters. The summed E-state index contributed by atoms with van der Waals surface area (Å²) in [5.41, 5.74) is 4.66. The minimum Gasteiger partial charge on any atom is -0.494 e. The van der Waals surface area contributed by atoms with Gasteiger partial charge in [-0.25, -0.2) is 4.98 Å². The number of aryl methyl sites for hydroxylation is 1. The van der Waals surface area contributed by atoms with Gasteiger partial charge in [-0.3, -0.25) is 9.59 Å². The number of ketones is 1. The number of rotatable bonds is 5. The highest BCUT2D eigenvalue weighted by molar-refractivity contribution is 6.09. The van der Waals surface area contributed by atoms with Gasteiger partial charge in [-0.15, -0.1) is 0 Å². The van der Waals surface area contributed by atoms with Gasteiger partial charge in [0.2, 0.25) is 0 Å². The molecule has 0 radical (unpaired) electrons. The second-order valence-corrected chi connectivity index (χ2v) is 9.60. The molecule has 4 rings (SSSR count). The van der Waals surface area contributed by atoms with Crippen LogP contribution in [0.1, 0.15) is 57.6 Å². The molecule has 0 fully saturated rings. The normalized spacial score (nSPS) is 19.7. The van der Waals surface area contributed by atoms with Gasteiger partial charge in [0, 0.05) is 41.1 Å². The molecule has 2 aliphatic rings. The number of hydrogen-bond acceptors (Lipinski definition) is 5. The number of ether oxygens (including phenoxy) is 1. The van der Waals surface area contributed by atoms with Gasteiger partial charge in [-0.2, -0.15) is 0 Å². The van der Waals surface area contributed by atoms with Gasteiger partial charge in [-0.1, -0.05) is 26.0 Å². The third kappa shape index (κ3) is 4.70. The van der Waals surface area contributed by atoms with Crippen LogP contribution in [-0.2, 0) is 9.59 Å². The molecule has 1 aliphatic carbocycles. The summed E-state index contributed by atoms with van der Waals surface area (Å²) in [5.74, 6) is 0.614. The van der Waals surface area contributed by atoms with Crippen molar-refractivity contribution in [2.24, 2.45) is 5.41 Å². The molecule has 0 spiro atoms. The average Bonchev–Trinajstić information content (AvgIpc) is 2.72. The Bertz CT molecular complexity index is 1160. The van der Waals surface area contributed by atoms with Gasteiger partial charge in [0.25, 0.3) is 5.91 Å². The molecule has 2 N–H and O–H groups in total. The molecule has 0 unspecified atom stereocenters. The van der Waals surface area contributed by atoms with Gasteiger partial charge >= 0.3 is 0 Å². The second-order valence-electron chi connectivity index (χ2n) is 9.60. The van der Waals surface area contributed by atoms with E-state index in [1.807, 2.05) is 57.2 Å². The van der Waals surface area contributed by atoms with E-state index >= 15 is 0 Å². The Balaban J connectivity index is 1.78. The maximum Gasteiger partial charge on any atom is 0.255 e. The molecular formula is C27H31N3O3. The molecule has 2 heterocycles. The van der Waals surface area contributed by atoms with Crippen molar-refractivity contribution in [1.82, 2.24) is 10.3 Å². The number of carbonyl (C=O) groups excluding carboxylic acids is 2. The third-order valence-electron chi connectivity index (χ3n) is 6.17. The van der Waals surface area contributed by atoms with Crippen LogP contribution in [0.15, 0.2) is 65.1 Å². The van der Waals surface area contributed by atoms with E-state index in [1.54, 1.807) is 6.20 Å². The number of carbonyl (C=O) groups is 2. The molecule has 2 aromatic rings. The summed E-state index contributed by atoms with van der Waals surface area (Å²) in [4.78, 5) is 31.2. The van der Waals surface area contributed by atoms with Gasteiger partial charge in [0.1, 0.15) is 11.6 Å². The first kappa shape index (κ1) is 22.8. The number of dihydropyridines is 1. The van der Waals surface area contributed by atoms with Crippen molar-refractivity contribution >= 4 is 17.5 Å². The molecule has 1 amide bonds. The first-order valence-electron chi connectivity index (χ1n) is 11.4. The number of nitrogens with one attached hydrogen (secondary N) is 2. The quantitative estimate of drug-likeness (QED) is 0.675. The molecule has 6 nitrogen and oxygen atoms in total. The first-order chi connectivity index (χ1) is 15.7. The summed E-state index contributed by atoms with van der Waals surface area (Å²) in [7, 11) is 0. The average molecular weight is 446 g/mol. The van der Waals surface area contributed by atoms with Crippen LogP contribution in [0.25, 0.3) is 0 Å². The highest BCUT2D eigenvalue weighted by atomic mass is 16.5. The largest absolute Gasteiger partial charge is 0.494 e. The van der Waals surface area contributed by atoms with Crippen molar-refractivity contribution in [1.29, 1.82) is 0 Å². The van der Waals surface area contributed by atoms with Gasteiger partial charge in [0.15, 0.2) is 5.78 Å². The molecule has 1 aliphatic heterocycles. The van der Waals surface area contributed by atoms with Crippen LogP contribution in [0, 0.1) is 12.3 Å². The Morgan fingerprint density at radius 1 is 1.18 bits per heavy atom. The number of allylic oxidation sites excluding steroid dienone is 3. The fourth-order valence-corrected chi connectivity index (χ4v) is 4.78. The van der Waals surface area contributed by atoms with E-state index in [2.05, 4.69) is 29.5 Å². The summed E-state index contributed by atoms with van der Waals surface area (Å²) in [5, 5.41) is 6.33. The number of Topliss-reactive ketones (excluding diaryl/α,β-unsaturated/α-hetero) is 1. The number of nitrogens with zero attached hydrogens (tertiary/aromatic N) is 1. The Labute approximate surface area is 195 Å². The summed E-state index contributed by atoms with van der Waals surface area (Å²) < 4.78 is 5.60. The van der Waals surface area contributed by atoms with Crippen LogP contribution >= 0.6 is 0 Å². The van der Waals surface area contributed by atoms with Crippen molar-refractivity contribution in [2.45, 2.75) is 53.4 Å². The summed E-state index contributed by atoms with van der Waals surface area (Å²) in [6, 6.07) is 11.4. The Morgan fingerprint density at radius 3 is 2.58 bits per heavy atom. The molecule has 1 aromatic heterocycles. The minimum atomic E-state index is -0.453. The SMILES string of the molecule is CCOc1ccc([C@@H]2C(C(=O)Nc3cc(C)ccn3)=C(C)NC3=C2C(=O)CC(C)(C)C3)cc1. The lowest BCUT2D eigenvalue weighted by atomic mass is 9.68. The smallest absolute Gasteiger partial charge is 0.255 e. The monoisotopic (exact) mass is 445 g/mol. The predicted molar refractivity (Wildman–Crippen MR) is 129 cm³/mol. The molecular weight excluding hydrogens is 414 g/mol. The van der Waals surface area contributed by atoms with E-state index in [1.165, 1.54) is 0 Å². The van der Waals surface area contributed by atoms with Crippen molar-refractivity contribution in [3.05, 3.63) is 76.3 Å². The zero-order valence-electron chi connectivity index (χ0n) is 19.9. The lowest BCUT2D eigenvalue weighted by Crippen LogP contribution is -2.39. The number of pyridine rings is 1. The summed E-state index contributed by atoms with van der Waals surface area (Å²) in [6.07, 6.45) is 2.88. The van der Waals surface area contributed by atoms with Crippen molar-refractivity contribution in [3.63, 3.8) is 0 Å². The van der Waals surface area contributed by atoms with E-state index < -0.39 is 5.92 Å². The number of anilines is 1. The van der Waals surface area contributed by atoms with Gasteiger partial charge in [0.05, 0.1) is 6.61 Å². The van der Waals surface area contributed by atoms with Gasteiger partial charge in [-0.05, 0) is 68.0 Å². The Hall–Kier alpha value is -3.41. The summed E-state index contributed by atoms with van der Waals surface area (Å²) >= 11 is 0. The Morgan fingerprint density at radius 2 is 1.91 bits per heavy atom. The van der Waals surface area contributed by atoms with E-state index in [-0.39, 0.29) is 17.1 Å². The van der Waals surface area contributed by atoms with Crippen LogP contribution in [0.2, 0.25) is 0 Å². The van der Waals surface area contributed by atoms with E-state index in [0.717, 1.165) is 34.7 Å². The number of hydrogen-bond donors (Lipinski definition) is 2. The number of aromatic nitrogens is 1. The second kappa shape index (κ2) is 8.85. The topological polar surface area (TPSA) is 80.3 Å². The zero-order chi connectivity index (χ0) is 23.8. The molecule has 6 heteroatoms. The highest BCUT2D eigenvalue weighted by Gasteiger charge is 2.42. The summed E-state index contributed by atoms with van der Waals surface area (Å²) in [6.45, 7) is 10.6. The maximum absolute atomic E-state index is 13.5. The first-order valence-corrected chi connectivity index (χ1v) is 11.4. The van der Waals surface area contributed by atoms with Crippen LogP contribution < -0.4 is 15.4 Å². The van der Waals surface area contributed by atoms with Crippen LogP contribution in [0.5, 0.6) is 5.75 Å². The molecule has 172 valence electrons. The lowest BCUT2D eigenvalue weighted by Gasteiger charge is -2.39. The number of amides is 1. The zero-order valence-corrected chi connectivity index (χ0v) is 19.9. The standard InChI is InChI=1S/C27H31N3O3/c1-6-33-19-9-7-18(8-10-19)24-23(26(32)30-22-13-16(2)11-12-28-22)17(3)29-20-14-27(4,5)15-21(31)25(20)24/h7-13,24,29H,6,14-15H2,1-5H3,(H,28,30,32)/t24-/m1/s1. The van der Waals surface area contributed by atoms with Crippen molar-refractivity contribution in [2.75, 3.05) is 11.9 Å². The number of benzene rings is 1. The van der Waals surface area contributed by atoms with E-state index in [9.17, 15) is 9.59 Å². The van der Waals surface area contributed by atoms with E-state index in [0.29, 0.717) is 30.0 Å². The van der Waals surface area contributed by atoms with Crippen LogP contribution in [0.4, 0.5) is 5.82 Å². The highest BCUT2D eigenvalue weighted by Crippen LogP contribution is 2.46. The van der Waals surface area contributed by atoms with Crippen molar-refractivity contribution in [3.8, 4) is 5.75 Å². The fourth-order valence-electron chi connectivity index (χ4n) is 4.78. The lowest BCUT2D eigenvalue weighted by molar-refractivity contribution is -0.118. The maximum atomic E-state index is 13.5. The Kier molecular flexibility index (Phi) is 6.11. The minimum absolute atomic E-state index is 0.0825. The molecule has 33 heavy (non-hydrogen) atoms.